The van der Waals surface area contributed by atoms with Crippen LogP contribution in [0.25, 0.3) is 0 Å². The van der Waals surface area contributed by atoms with Crippen LogP contribution in [0, 0.1) is 0 Å². The highest BCUT2D eigenvalue weighted by Gasteiger charge is 2.44. The summed E-state index contributed by atoms with van der Waals surface area (Å²) in [7, 11) is 1.53. The maximum atomic E-state index is 12.5. The fraction of sp³-hybridized carbons (Fsp3) is 0.421. The lowest BCUT2D eigenvalue weighted by Gasteiger charge is -2.43. The molecule has 6 nitrogen and oxygen atoms in total. The van der Waals surface area contributed by atoms with Gasteiger partial charge in [0.25, 0.3) is 5.91 Å². The van der Waals surface area contributed by atoms with Crippen molar-refractivity contribution in [2.75, 3.05) is 24.4 Å². The fourth-order valence-electron chi connectivity index (χ4n) is 2.99. The van der Waals surface area contributed by atoms with Gasteiger partial charge in [-0.3, -0.25) is 9.79 Å². The van der Waals surface area contributed by atoms with E-state index in [1.54, 1.807) is 24.3 Å². The zero-order chi connectivity index (χ0) is 20.1. The Hall–Kier alpha value is -1.64. The average molecular weight is 439 g/mol. The van der Waals surface area contributed by atoms with E-state index < -0.39 is 0 Å². The zero-order valence-electron chi connectivity index (χ0n) is 15.8. The van der Waals surface area contributed by atoms with Gasteiger partial charge in [0, 0.05) is 16.9 Å². The summed E-state index contributed by atoms with van der Waals surface area (Å²) in [6, 6.07) is 5.09. The number of nitrogens with one attached hydrogen (secondary N) is 1. The number of allylic oxidation sites excluding steroid dienone is 2. The van der Waals surface area contributed by atoms with Crippen molar-refractivity contribution in [3.8, 4) is 5.88 Å². The quantitative estimate of drug-likeness (QED) is 0.518. The highest BCUT2D eigenvalue weighted by molar-refractivity contribution is 8.03. The van der Waals surface area contributed by atoms with Gasteiger partial charge in [-0.25, -0.2) is 0 Å². The zero-order valence-corrected chi connectivity index (χ0v) is 18.2. The summed E-state index contributed by atoms with van der Waals surface area (Å²) in [6.07, 6.45) is 8.73. The Morgan fingerprint density at radius 1 is 1.50 bits per heavy atom. The second-order valence-corrected chi connectivity index (χ2v) is 9.21. The van der Waals surface area contributed by atoms with Gasteiger partial charge in [0.2, 0.25) is 5.88 Å². The molecule has 0 unspecified atom stereocenters. The molecule has 1 amide bonds. The van der Waals surface area contributed by atoms with E-state index >= 15 is 0 Å². The van der Waals surface area contributed by atoms with Crippen LogP contribution in [0.1, 0.15) is 19.3 Å². The number of anilines is 1. The molecule has 0 bridgehead atoms. The molecule has 1 aliphatic carbocycles. The van der Waals surface area contributed by atoms with E-state index in [9.17, 15) is 4.79 Å². The first-order valence-electron chi connectivity index (χ1n) is 8.89. The number of hydrogen-bond acceptors (Lipinski definition) is 7. The van der Waals surface area contributed by atoms with Crippen LogP contribution in [0.2, 0.25) is 0 Å². The number of pyridine rings is 1. The van der Waals surface area contributed by atoms with Gasteiger partial charge < -0.3 is 15.8 Å². The number of aliphatic imine (C=N–C) groups is 1. The SMILES string of the molecule is COc1cccc(NC(=O)/C(=C/C(Cl)=C/[C@@H]2CSC3(CCC3)C(N)=N2)SC)n1. The molecule has 9 heteroatoms. The Labute approximate surface area is 178 Å². The summed E-state index contributed by atoms with van der Waals surface area (Å²) in [4.78, 5) is 21.8. The lowest BCUT2D eigenvalue weighted by Crippen LogP contribution is -2.50. The van der Waals surface area contributed by atoms with Crippen LogP contribution < -0.4 is 15.8 Å². The van der Waals surface area contributed by atoms with Gasteiger partial charge in [0.1, 0.15) is 11.7 Å². The number of carbonyl (C=O) groups excluding carboxylic acids is 1. The predicted octanol–water partition coefficient (Wildman–Crippen LogP) is 3.79. The molecule has 1 spiro atoms. The molecule has 1 aromatic rings. The van der Waals surface area contributed by atoms with Gasteiger partial charge in [-0.1, -0.05) is 17.7 Å². The molecule has 1 atom stereocenters. The third-order valence-electron chi connectivity index (χ3n) is 4.70. The second kappa shape index (κ2) is 9.24. The van der Waals surface area contributed by atoms with Gasteiger partial charge in [0.05, 0.1) is 22.8 Å². The number of thioether (sulfide) groups is 2. The van der Waals surface area contributed by atoms with Gasteiger partial charge in [-0.05, 0) is 43.7 Å². The summed E-state index contributed by atoms with van der Waals surface area (Å²) in [5.74, 6) is 2.13. The van der Waals surface area contributed by atoms with Crippen molar-refractivity contribution in [1.29, 1.82) is 0 Å². The normalized spacial score (nSPS) is 21.7. The molecule has 150 valence electrons. The number of aromatic nitrogens is 1. The average Bonchev–Trinajstić information content (AvgIpc) is 2.65. The number of nitrogens with zero attached hydrogens (tertiary/aromatic N) is 2. The number of amides is 1. The van der Waals surface area contributed by atoms with Crippen LogP contribution >= 0.6 is 35.1 Å². The minimum Gasteiger partial charge on any atom is -0.481 e. The fourth-order valence-corrected chi connectivity index (χ4v) is 5.23. The van der Waals surface area contributed by atoms with Gasteiger partial charge in [0.15, 0.2) is 0 Å². The topological polar surface area (TPSA) is 89.6 Å². The van der Waals surface area contributed by atoms with E-state index in [1.807, 2.05) is 24.1 Å². The minimum absolute atomic E-state index is 0.0563. The number of rotatable bonds is 6. The van der Waals surface area contributed by atoms with E-state index in [0.29, 0.717) is 21.6 Å². The molecular formula is C19H23ClN4O2S2. The molecule has 0 saturated heterocycles. The molecular weight excluding hydrogens is 416 g/mol. The van der Waals surface area contributed by atoms with Gasteiger partial charge in [-0.2, -0.15) is 4.98 Å². The van der Waals surface area contributed by atoms with Crippen LogP contribution in [-0.4, -0.2) is 46.6 Å². The minimum atomic E-state index is -0.283. The number of nitrogens with two attached hydrogens (primary N) is 1. The molecule has 1 aromatic heterocycles. The molecule has 1 saturated carbocycles. The first kappa shape index (κ1) is 21.1. The van der Waals surface area contributed by atoms with E-state index in [1.165, 1.54) is 25.3 Å². The standard InChI is InChI=1S/C19H23ClN4O2S2/c1-26-16-6-3-5-15(23-16)24-17(25)14(27-2)10-12(20)9-13-11-28-19(7-4-8-19)18(21)22-13/h3,5-6,9-10,13H,4,7-8,11H2,1-2H3,(H2,21,22)(H,23,24,25)/b12-9-,14-10-/t13-/m1/s1. The Morgan fingerprint density at radius 2 is 2.29 bits per heavy atom. The number of halogens is 1. The van der Waals surface area contributed by atoms with E-state index in [0.717, 1.165) is 24.4 Å². The molecule has 3 N–H and O–H groups in total. The van der Waals surface area contributed by atoms with Crippen LogP contribution in [-0.2, 0) is 4.79 Å². The molecule has 0 aromatic carbocycles. The Balaban J connectivity index is 1.68. The van der Waals surface area contributed by atoms with Crippen molar-refractivity contribution in [2.24, 2.45) is 10.7 Å². The van der Waals surface area contributed by atoms with E-state index in [4.69, 9.17) is 22.1 Å². The van der Waals surface area contributed by atoms with Gasteiger partial charge >= 0.3 is 0 Å². The lowest BCUT2D eigenvalue weighted by molar-refractivity contribution is -0.112. The molecule has 28 heavy (non-hydrogen) atoms. The Bertz CT molecular complexity index is 837. The summed E-state index contributed by atoms with van der Waals surface area (Å²) in [5.41, 5.74) is 6.18. The Morgan fingerprint density at radius 3 is 2.89 bits per heavy atom. The molecule has 0 radical (unpaired) electrons. The Kier molecular flexibility index (Phi) is 6.95. The molecule has 3 rings (SSSR count). The first-order chi connectivity index (χ1) is 13.5. The first-order valence-corrected chi connectivity index (χ1v) is 11.5. The summed E-state index contributed by atoms with van der Waals surface area (Å²) >= 11 is 9.56. The van der Waals surface area contributed by atoms with E-state index in [-0.39, 0.29) is 16.7 Å². The lowest BCUT2D eigenvalue weighted by atomic mass is 9.83. The maximum absolute atomic E-state index is 12.5. The molecule has 2 aliphatic rings. The smallest absolute Gasteiger partial charge is 0.263 e. The molecule has 2 heterocycles. The van der Waals surface area contributed by atoms with Crippen LogP contribution in [0.3, 0.4) is 0 Å². The van der Waals surface area contributed by atoms with Crippen molar-refractivity contribution in [1.82, 2.24) is 4.98 Å². The third kappa shape index (κ3) is 4.85. The summed E-state index contributed by atoms with van der Waals surface area (Å²) in [6.45, 7) is 0. The van der Waals surface area contributed by atoms with Gasteiger partial charge in [-0.15, -0.1) is 23.5 Å². The molecule has 1 aliphatic heterocycles. The van der Waals surface area contributed by atoms with Crippen molar-refractivity contribution < 1.29 is 9.53 Å². The van der Waals surface area contributed by atoms with Crippen molar-refractivity contribution >= 4 is 52.7 Å². The van der Waals surface area contributed by atoms with Crippen LogP contribution in [0.15, 0.2) is 45.3 Å². The van der Waals surface area contributed by atoms with Crippen molar-refractivity contribution in [2.45, 2.75) is 30.1 Å². The van der Waals surface area contributed by atoms with Crippen LogP contribution in [0.5, 0.6) is 5.88 Å². The highest BCUT2D eigenvalue weighted by atomic mass is 35.5. The summed E-state index contributed by atoms with van der Waals surface area (Å²) < 4.78 is 5.13. The molecule has 1 fully saturated rings. The maximum Gasteiger partial charge on any atom is 0.263 e. The summed E-state index contributed by atoms with van der Waals surface area (Å²) in [5, 5.41) is 3.22. The van der Waals surface area contributed by atoms with Crippen LogP contribution in [0.4, 0.5) is 5.82 Å². The number of carbonyl (C=O) groups is 1. The second-order valence-electron chi connectivity index (χ2n) is 6.52. The third-order valence-corrected chi connectivity index (χ3v) is 7.36. The predicted molar refractivity (Wildman–Crippen MR) is 119 cm³/mol. The van der Waals surface area contributed by atoms with Crippen molar-refractivity contribution in [3.63, 3.8) is 0 Å². The largest absolute Gasteiger partial charge is 0.481 e. The van der Waals surface area contributed by atoms with Crippen molar-refractivity contribution in [3.05, 3.63) is 40.3 Å². The number of amidine groups is 1. The number of hydrogen-bond donors (Lipinski definition) is 2. The number of ether oxygens (including phenoxy) is 1. The highest BCUT2D eigenvalue weighted by Crippen LogP contribution is 2.46. The van der Waals surface area contributed by atoms with E-state index in [2.05, 4.69) is 15.3 Å². The number of methoxy groups -OCH3 is 1. The monoisotopic (exact) mass is 438 g/mol.